The number of hydrogen-bond donors (Lipinski definition) is 1. The lowest BCUT2D eigenvalue weighted by Crippen LogP contribution is -2.39. The lowest BCUT2D eigenvalue weighted by molar-refractivity contribution is 0.195. The maximum atomic E-state index is 6.51. The average molecular weight is 225 g/mol. The van der Waals surface area contributed by atoms with Gasteiger partial charge < -0.3 is 5.73 Å². The predicted molar refractivity (Wildman–Crippen MR) is 72.4 cm³/mol. The van der Waals surface area contributed by atoms with Crippen molar-refractivity contribution in [3.05, 3.63) is 0 Å². The standard InChI is InChI=1S/C15H31N/c1-4-6-9-13(5-2)15(16)14-10-7-8-12(3)11-14/h12-15H,4-11,16H2,1-3H3. The van der Waals surface area contributed by atoms with Crippen molar-refractivity contribution in [3.63, 3.8) is 0 Å². The second-order valence-corrected chi connectivity index (χ2v) is 5.92. The van der Waals surface area contributed by atoms with Crippen molar-refractivity contribution < 1.29 is 0 Å². The van der Waals surface area contributed by atoms with Gasteiger partial charge in [-0.3, -0.25) is 0 Å². The molecule has 1 aliphatic rings. The minimum atomic E-state index is 0.472. The predicted octanol–water partition coefficient (Wildman–Crippen LogP) is 4.36. The molecule has 1 heteroatoms. The zero-order chi connectivity index (χ0) is 12.0. The molecule has 0 aliphatic heterocycles. The highest BCUT2D eigenvalue weighted by Crippen LogP contribution is 2.34. The fraction of sp³-hybridized carbons (Fsp3) is 1.00. The summed E-state index contributed by atoms with van der Waals surface area (Å²) in [5.41, 5.74) is 6.51. The molecule has 0 spiro atoms. The maximum Gasteiger partial charge on any atom is 0.00956 e. The summed E-state index contributed by atoms with van der Waals surface area (Å²) in [6.07, 6.45) is 10.9. The average Bonchev–Trinajstić information content (AvgIpc) is 2.29. The van der Waals surface area contributed by atoms with Crippen molar-refractivity contribution in [1.29, 1.82) is 0 Å². The Morgan fingerprint density at radius 3 is 2.56 bits per heavy atom. The minimum Gasteiger partial charge on any atom is -0.327 e. The Morgan fingerprint density at radius 2 is 2.00 bits per heavy atom. The van der Waals surface area contributed by atoms with Crippen molar-refractivity contribution >= 4 is 0 Å². The molecule has 0 radical (unpaired) electrons. The first kappa shape index (κ1) is 14.0. The first-order chi connectivity index (χ1) is 7.69. The Labute approximate surface area is 102 Å². The summed E-state index contributed by atoms with van der Waals surface area (Å²) >= 11 is 0. The quantitative estimate of drug-likeness (QED) is 0.714. The third-order valence-corrected chi connectivity index (χ3v) is 4.52. The molecule has 1 rings (SSSR count). The molecule has 0 saturated heterocycles. The van der Waals surface area contributed by atoms with Gasteiger partial charge in [-0.05, 0) is 37.0 Å². The van der Waals surface area contributed by atoms with E-state index in [1.165, 1.54) is 51.4 Å². The van der Waals surface area contributed by atoms with E-state index in [9.17, 15) is 0 Å². The van der Waals surface area contributed by atoms with Crippen LogP contribution in [0.3, 0.4) is 0 Å². The summed E-state index contributed by atoms with van der Waals surface area (Å²) in [6.45, 7) is 6.99. The molecule has 0 bridgehead atoms. The van der Waals surface area contributed by atoms with Gasteiger partial charge in [-0.25, -0.2) is 0 Å². The van der Waals surface area contributed by atoms with Crippen molar-refractivity contribution in [1.82, 2.24) is 0 Å². The molecule has 1 nitrogen and oxygen atoms in total. The number of nitrogens with two attached hydrogens (primary N) is 1. The molecule has 2 N–H and O–H groups in total. The van der Waals surface area contributed by atoms with Crippen molar-refractivity contribution in [2.45, 2.75) is 78.2 Å². The van der Waals surface area contributed by atoms with Gasteiger partial charge in [0.05, 0.1) is 0 Å². The van der Waals surface area contributed by atoms with Gasteiger partial charge >= 0.3 is 0 Å². The lowest BCUT2D eigenvalue weighted by atomic mass is 9.74. The van der Waals surface area contributed by atoms with Crippen LogP contribution in [0.1, 0.15) is 72.1 Å². The van der Waals surface area contributed by atoms with Crippen LogP contribution in [0.2, 0.25) is 0 Å². The van der Waals surface area contributed by atoms with Crippen molar-refractivity contribution in [2.24, 2.45) is 23.5 Å². The van der Waals surface area contributed by atoms with E-state index in [1.807, 2.05) is 0 Å². The SMILES string of the molecule is CCCCC(CC)C(N)C1CCCC(C)C1. The fourth-order valence-electron chi connectivity index (χ4n) is 3.35. The Balaban J connectivity index is 2.42. The van der Waals surface area contributed by atoms with Gasteiger partial charge in [0.15, 0.2) is 0 Å². The molecule has 0 aromatic carbocycles. The first-order valence-corrected chi connectivity index (χ1v) is 7.44. The first-order valence-electron chi connectivity index (χ1n) is 7.44. The van der Waals surface area contributed by atoms with E-state index in [0.717, 1.165) is 17.8 Å². The topological polar surface area (TPSA) is 26.0 Å². The van der Waals surface area contributed by atoms with Crippen LogP contribution < -0.4 is 5.73 Å². The molecule has 1 aliphatic carbocycles. The molecule has 0 aromatic heterocycles. The van der Waals surface area contributed by atoms with Crippen LogP contribution in [0.25, 0.3) is 0 Å². The zero-order valence-electron chi connectivity index (χ0n) is 11.5. The van der Waals surface area contributed by atoms with Gasteiger partial charge in [0, 0.05) is 6.04 Å². The van der Waals surface area contributed by atoms with E-state index >= 15 is 0 Å². The van der Waals surface area contributed by atoms with Crippen LogP contribution in [0, 0.1) is 17.8 Å². The molecule has 96 valence electrons. The van der Waals surface area contributed by atoms with Gasteiger partial charge in [-0.2, -0.15) is 0 Å². The fourth-order valence-corrected chi connectivity index (χ4v) is 3.35. The Hall–Kier alpha value is -0.0400. The summed E-state index contributed by atoms with van der Waals surface area (Å²) in [7, 11) is 0. The number of hydrogen-bond acceptors (Lipinski definition) is 1. The van der Waals surface area contributed by atoms with Crippen molar-refractivity contribution in [3.8, 4) is 0 Å². The molecule has 1 fully saturated rings. The Kier molecular flexibility index (Phi) is 6.41. The monoisotopic (exact) mass is 225 g/mol. The van der Waals surface area contributed by atoms with E-state index in [4.69, 9.17) is 5.73 Å². The van der Waals surface area contributed by atoms with Gasteiger partial charge in [0.1, 0.15) is 0 Å². The van der Waals surface area contributed by atoms with Crippen LogP contribution in [0.4, 0.5) is 0 Å². The molecule has 0 aromatic rings. The highest BCUT2D eigenvalue weighted by molar-refractivity contribution is 4.83. The molecular formula is C15H31N. The van der Waals surface area contributed by atoms with E-state index in [1.54, 1.807) is 0 Å². The summed E-state index contributed by atoms with van der Waals surface area (Å²) in [5, 5.41) is 0. The number of unbranched alkanes of at least 4 members (excludes halogenated alkanes) is 1. The summed E-state index contributed by atoms with van der Waals surface area (Å²) in [5.74, 6) is 2.49. The Bertz CT molecular complexity index is 178. The summed E-state index contributed by atoms with van der Waals surface area (Å²) < 4.78 is 0. The van der Waals surface area contributed by atoms with E-state index in [2.05, 4.69) is 20.8 Å². The number of rotatable bonds is 6. The second kappa shape index (κ2) is 7.32. The molecule has 0 heterocycles. The summed E-state index contributed by atoms with van der Waals surface area (Å²) in [6, 6.07) is 0.472. The normalized spacial score (nSPS) is 30.0. The van der Waals surface area contributed by atoms with Crippen LogP contribution in [0.15, 0.2) is 0 Å². The van der Waals surface area contributed by atoms with Crippen LogP contribution in [-0.2, 0) is 0 Å². The molecule has 4 unspecified atom stereocenters. The lowest BCUT2D eigenvalue weighted by Gasteiger charge is -2.35. The van der Waals surface area contributed by atoms with Crippen LogP contribution >= 0.6 is 0 Å². The van der Waals surface area contributed by atoms with Gasteiger partial charge in [0.25, 0.3) is 0 Å². The van der Waals surface area contributed by atoms with Gasteiger partial charge in [-0.1, -0.05) is 52.9 Å². The molecule has 0 amide bonds. The smallest absolute Gasteiger partial charge is 0.00956 e. The van der Waals surface area contributed by atoms with E-state index < -0.39 is 0 Å². The zero-order valence-corrected chi connectivity index (χ0v) is 11.5. The highest BCUT2D eigenvalue weighted by atomic mass is 14.7. The third-order valence-electron chi connectivity index (χ3n) is 4.52. The van der Waals surface area contributed by atoms with Gasteiger partial charge in [-0.15, -0.1) is 0 Å². The minimum absolute atomic E-state index is 0.472. The Morgan fingerprint density at radius 1 is 1.25 bits per heavy atom. The molecular weight excluding hydrogens is 194 g/mol. The van der Waals surface area contributed by atoms with Gasteiger partial charge in [0.2, 0.25) is 0 Å². The second-order valence-electron chi connectivity index (χ2n) is 5.92. The highest BCUT2D eigenvalue weighted by Gasteiger charge is 2.28. The largest absolute Gasteiger partial charge is 0.327 e. The molecule has 16 heavy (non-hydrogen) atoms. The third kappa shape index (κ3) is 4.08. The van der Waals surface area contributed by atoms with Crippen LogP contribution in [-0.4, -0.2) is 6.04 Å². The van der Waals surface area contributed by atoms with E-state index in [-0.39, 0.29) is 0 Å². The maximum absolute atomic E-state index is 6.51. The van der Waals surface area contributed by atoms with Crippen molar-refractivity contribution in [2.75, 3.05) is 0 Å². The molecule has 4 atom stereocenters. The van der Waals surface area contributed by atoms with Crippen LogP contribution in [0.5, 0.6) is 0 Å². The summed E-state index contributed by atoms with van der Waals surface area (Å²) in [4.78, 5) is 0. The van der Waals surface area contributed by atoms with E-state index in [0.29, 0.717) is 6.04 Å². The molecule has 1 saturated carbocycles.